The van der Waals surface area contributed by atoms with Crippen LogP contribution in [-0.4, -0.2) is 12.1 Å². The second-order valence-electron chi connectivity index (χ2n) is 3.00. The van der Waals surface area contributed by atoms with Crippen LogP contribution in [0.25, 0.3) is 10.9 Å². The van der Waals surface area contributed by atoms with E-state index in [0.717, 1.165) is 23.5 Å². The summed E-state index contributed by atoms with van der Waals surface area (Å²) in [6.45, 7) is 0.789. The lowest BCUT2D eigenvalue weighted by Gasteiger charge is -1.97. The number of aromatic amines is 1. The number of aromatic nitrogens is 1. The van der Waals surface area contributed by atoms with Gasteiger partial charge in [-0.2, -0.15) is 0 Å². The fourth-order valence-electron chi connectivity index (χ4n) is 1.43. The molecule has 0 fully saturated rings. The lowest BCUT2D eigenvalue weighted by Crippen LogP contribution is -2.47. The first-order chi connectivity index (χ1) is 6.33. The first-order valence-electron chi connectivity index (χ1n) is 4.28. The largest absolute Gasteiger partial charge is 0.497 e. The number of benzene rings is 1. The van der Waals surface area contributed by atoms with Gasteiger partial charge < -0.3 is 15.5 Å². The summed E-state index contributed by atoms with van der Waals surface area (Å²) in [6.07, 6.45) is 0. The molecule has 0 saturated heterocycles. The molecule has 0 spiro atoms. The van der Waals surface area contributed by atoms with Crippen LogP contribution in [-0.2, 0) is 6.54 Å². The molecule has 0 aliphatic rings. The van der Waals surface area contributed by atoms with E-state index in [9.17, 15) is 0 Å². The molecule has 4 N–H and O–H groups in total. The van der Waals surface area contributed by atoms with Crippen LogP contribution < -0.4 is 10.5 Å². The van der Waals surface area contributed by atoms with Crippen molar-refractivity contribution >= 4 is 10.9 Å². The van der Waals surface area contributed by atoms with E-state index in [-0.39, 0.29) is 0 Å². The van der Waals surface area contributed by atoms with E-state index in [1.807, 2.05) is 18.2 Å². The first kappa shape index (κ1) is 8.13. The fraction of sp³-hybridized carbons (Fsp3) is 0.200. The predicted octanol–water partition coefficient (Wildman–Crippen LogP) is 0.918. The number of H-pyrrole nitrogens is 1. The molecular weight excluding hydrogens is 164 g/mol. The van der Waals surface area contributed by atoms with Gasteiger partial charge in [0.25, 0.3) is 0 Å². The quantitative estimate of drug-likeness (QED) is 0.704. The Hall–Kier alpha value is -1.48. The number of hydrogen-bond acceptors (Lipinski definition) is 1. The molecule has 68 valence electrons. The summed E-state index contributed by atoms with van der Waals surface area (Å²) in [7, 11) is 1.68. The third kappa shape index (κ3) is 1.38. The number of nitrogens with one attached hydrogen (secondary N) is 1. The van der Waals surface area contributed by atoms with Crippen LogP contribution in [0.2, 0.25) is 0 Å². The Morgan fingerprint density at radius 3 is 2.92 bits per heavy atom. The van der Waals surface area contributed by atoms with Crippen molar-refractivity contribution < 1.29 is 10.5 Å². The van der Waals surface area contributed by atoms with Crippen molar-refractivity contribution in [3.63, 3.8) is 0 Å². The summed E-state index contributed by atoms with van der Waals surface area (Å²) in [5, 5.41) is 1.18. The molecular formula is C10H13N2O+. The van der Waals surface area contributed by atoms with Gasteiger partial charge in [0.1, 0.15) is 12.3 Å². The molecule has 0 atom stereocenters. The Morgan fingerprint density at radius 2 is 2.23 bits per heavy atom. The highest BCUT2D eigenvalue weighted by Gasteiger charge is 2.01. The van der Waals surface area contributed by atoms with Gasteiger partial charge in [-0.15, -0.1) is 0 Å². The standard InChI is InChI=1S/C10H12N2O/c1-13-9-2-3-10-7(5-9)4-8(6-11)12-10/h2-5,12H,6,11H2,1H3/p+1. The Labute approximate surface area is 76.5 Å². The predicted molar refractivity (Wildman–Crippen MR) is 51.4 cm³/mol. The van der Waals surface area contributed by atoms with Crippen LogP contribution in [0, 0.1) is 0 Å². The minimum atomic E-state index is 0.789. The smallest absolute Gasteiger partial charge is 0.119 e. The van der Waals surface area contributed by atoms with E-state index in [2.05, 4.69) is 16.8 Å². The van der Waals surface area contributed by atoms with Crippen molar-refractivity contribution in [2.24, 2.45) is 0 Å². The van der Waals surface area contributed by atoms with E-state index < -0.39 is 0 Å². The van der Waals surface area contributed by atoms with E-state index in [1.165, 1.54) is 5.39 Å². The fourth-order valence-corrected chi connectivity index (χ4v) is 1.43. The number of rotatable bonds is 2. The van der Waals surface area contributed by atoms with Gasteiger partial charge in [-0.1, -0.05) is 0 Å². The highest BCUT2D eigenvalue weighted by Crippen LogP contribution is 2.20. The van der Waals surface area contributed by atoms with Gasteiger partial charge in [0.2, 0.25) is 0 Å². The summed E-state index contributed by atoms with van der Waals surface area (Å²) in [5.41, 5.74) is 6.13. The van der Waals surface area contributed by atoms with Gasteiger partial charge in [0.15, 0.2) is 0 Å². The van der Waals surface area contributed by atoms with Crippen molar-refractivity contribution in [2.45, 2.75) is 6.54 Å². The van der Waals surface area contributed by atoms with E-state index in [4.69, 9.17) is 4.74 Å². The molecule has 0 saturated carbocycles. The molecule has 3 nitrogen and oxygen atoms in total. The molecule has 13 heavy (non-hydrogen) atoms. The van der Waals surface area contributed by atoms with Gasteiger partial charge in [0, 0.05) is 10.9 Å². The maximum Gasteiger partial charge on any atom is 0.119 e. The van der Waals surface area contributed by atoms with E-state index in [0.29, 0.717) is 0 Å². The minimum absolute atomic E-state index is 0.789. The Kier molecular flexibility index (Phi) is 1.94. The van der Waals surface area contributed by atoms with Gasteiger partial charge in [0.05, 0.1) is 12.8 Å². The van der Waals surface area contributed by atoms with Gasteiger partial charge >= 0.3 is 0 Å². The zero-order valence-corrected chi connectivity index (χ0v) is 7.63. The SMILES string of the molecule is COc1ccc2[nH]c(C[NH3+])cc2c1. The third-order valence-corrected chi connectivity index (χ3v) is 2.15. The number of quaternary nitrogens is 1. The molecule has 0 radical (unpaired) electrons. The van der Waals surface area contributed by atoms with Crippen LogP contribution >= 0.6 is 0 Å². The summed E-state index contributed by atoms with van der Waals surface area (Å²) in [6, 6.07) is 8.09. The second-order valence-corrected chi connectivity index (χ2v) is 3.00. The Balaban J connectivity index is 2.57. The maximum absolute atomic E-state index is 5.14. The third-order valence-electron chi connectivity index (χ3n) is 2.15. The first-order valence-corrected chi connectivity index (χ1v) is 4.28. The van der Waals surface area contributed by atoms with Crippen LogP contribution in [0.15, 0.2) is 24.3 Å². The van der Waals surface area contributed by atoms with E-state index in [1.54, 1.807) is 7.11 Å². The molecule has 0 unspecified atom stereocenters. The zero-order chi connectivity index (χ0) is 9.26. The normalized spacial score (nSPS) is 10.6. The van der Waals surface area contributed by atoms with Crippen molar-refractivity contribution in [1.29, 1.82) is 0 Å². The van der Waals surface area contributed by atoms with Crippen LogP contribution in [0.5, 0.6) is 5.75 Å². The Morgan fingerprint density at radius 1 is 1.38 bits per heavy atom. The summed E-state index contributed by atoms with van der Waals surface area (Å²) >= 11 is 0. The molecule has 1 heterocycles. The lowest BCUT2D eigenvalue weighted by atomic mass is 10.2. The number of hydrogen-bond donors (Lipinski definition) is 2. The van der Waals surface area contributed by atoms with Gasteiger partial charge in [-0.05, 0) is 24.3 Å². The van der Waals surface area contributed by atoms with Gasteiger partial charge in [-0.25, -0.2) is 0 Å². The number of methoxy groups -OCH3 is 1. The highest BCUT2D eigenvalue weighted by atomic mass is 16.5. The molecule has 0 aliphatic carbocycles. The van der Waals surface area contributed by atoms with Crippen LogP contribution in [0.4, 0.5) is 0 Å². The van der Waals surface area contributed by atoms with Crippen molar-refractivity contribution in [3.8, 4) is 5.75 Å². The molecule has 1 aromatic heterocycles. The molecule has 2 rings (SSSR count). The van der Waals surface area contributed by atoms with E-state index >= 15 is 0 Å². The number of fused-ring (bicyclic) bond motifs is 1. The molecule has 2 aromatic rings. The van der Waals surface area contributed by atoms with Gasteiger partial charge in [-0.3, -0.25) is 0 Å². The number of ether oxygens (including phenoxy) is 1. The molecule has 1 aromatic carbocycles. The van der Waals surface area contributed by atoms with Crippen molar-refractivity contribution in [1.82, 2.24) is 4.98 Å². The molecule has 0 aliphatic heterocycles. The monoisotopic (exact) mass is 177 g/mol. The molecule has 3 heteroatoms. The van der Waals surface area contributed by atoms with Crippen molar-refractivity contribution in [3.05, 3.63) is 30.0 Å². The Bertz CT molecular complexity index is 418. The van der Waals surface area contributed by atoms with Crippen LogP contribution in [0.1, 0.15) is 5.69 Å². The zero-order valence-electron chi connectivity index (χ0n) is 7.63. The average molecular weight is 177 g/mol. The van der Waals surface area contributed by atoms with Crippen LogP contribution in [0.3, 0.4) is 0 Å². The summed E-state index contributed by atoms with van der Waals surface area (Å²) in [5.74, 6) is 0.891. The topological polar surface area (TPSA) is 52.7 Å². The average Bonchev–Trinajstić information content (AvgIpc) is 2.58. The minimum Gasteiger partial charge on any atom is -0.497 e. The molecule has 0 bridgehead atoms. The highest BCUT2D eigenvalue weighted by molar-refractivity contribution is 5.81. The van der Waals surface area contributed by atoms with Crippen molar-refractivity contribution in [2.75, 3.05) is 7.11 Å². The molecule has 0 amide bonds. The second kappa shape index (κ2) is 3.11. The lowest BCUT2D eigenvalue weighted by molar-refractivity contribution is -0.387. The maximum atomic E-state index is 5.14. The summed E-state index contributed by atoms with van der Waals surface area (Å²) in [4.78, 5) is 3.28. The summed E-state index contributed by atoms with van der Waals surface area (Å²) < 4.78 is 5.14.